The first-order valence-corrected chi connectivity index (χ1v) is 4.14. The van der Waals surface area contributed by atoms with Crippen LogP contribution in [0.25, 0.3) is 6.08 Å². The van der Waals surface area contributed by atoms with Crippen molar-refractivity contribution in [3.8, 4) is 0 Å². The van der Waals surface area contributed by atoms with Crippen LogP contribution in [0.1, 0.15) is 5.76 Å². The SMILES string of the molecule is O=C1NC(=O)/C(=C/c2ccc([N+](=O)[O-])o2)N1. The summed E-state index contributed by atoms with van der Waals surface area (Å²) in [6.45, 7) is 0. The number of imide groups is 1. The van der Waals surface area contributed by atoms with E-state index in [0.29, 0.717) is 0 Å². The van der Waals surface area contributed by atoms with Gasteiger partial charge in [0.05, 0.1) is 6.07 Å². The first kappa shape index (κ1) is 9.90. The first-order valence-electron chi connectivity index (χ1n) is 4.14. The fourth-order valence-corrected chi connectivity index (χ4v) is 1.14. The number of nitrogens with zero attached hydrogens (tertiary/aromatic N) is 1. The Balaban J connectivity index is 2.26. The van der Waals surface area contributed by atoms with Crippen molar-refractivity contribution < 1.29 is 18.9 Å². The zero-order chi connectivity index (χ0) is 11.7. The quantitative estimate of drug-likeness (QED) is 0.325. The van der Waals surface area contributed by atoms with Gasteiger partial charge in [0.1, 0.15) is 16.4 Å². The van der Waals surface area contributed by atoms with Gasteiger partial charge in [-0.15, -0.1) is 0 Å². The van der Waals surface area contributed by atoms with Crippen molar-refractivity contribution in [1.29, 1.82) is 0 Å². The minimum Gasteiger partial charge on any atom is -0.401 e. The maximum Gasteiger partial charge on any atom is 0.433 e. The Hall–Kier alpha value is -2.64. The highest BCUT2D eigenvalue weighted by molar-refractivity contribution is 6.13. The van der Waals surface area contributed by atoms with Crippen LogP contribution >= 0.6 is 0 Å². The summed E-state index contributed by atoms with van der Waals surface area (Å²) < 4.78 is 4.78. The van der Waals surface area contributed by atoms with Crippen molar-refractivity contribution >= 4 is 23.9 Å². The summed E-state index contributed by atoms with van der Waals surface area (Å²) in [4.78, 5) is 31.4. The number of furan rings is 1. The van der Waals surface area contributed by atoms with E-state index in [1.54, 1.807) is 0 Å². The summed E-state index contributed by atoms with van der Waals surface area (Å²) in [6, 6.07) is 1.83. The molecular weight excluding hydrogens is 218 g/mol. The number of nitro groups is 1. The van der Waals surface area contributed by atoms with Gasteiger partial charge in [-0.1, -0.05) is 0 Å². The molecule has 1 aromatic rings. The zero-order valence-electron chi connectivity index (χ0n) is 7.72. The molecule has 0 aromatic carbocycles. The van der Waals surface area contributed by atoms with Crippen LogP contribution in [0.5, 0.6) is 0 Å². The second-order valence-corrected chi connectivity index (χ2v) is 2.90. The van der Waals surface area contributed by atoms with Crippen molar-refractivity contribution in [1.82, 2.24) is 10.6 Å². The van der Waals surface area contributed by atoms with Crippen molar-refractivity contribution in [2.45, 2.75) is 0 Å². The van der Waals surface area contributed by atoms with Crippen LogP contribution in [0.2, 0.25) is 0 Å². The largest absolute Gasteiger partial charge is 0.433 e. The molecule has 0 bridgehead atoms. The number of amides is 3. The van der Waals surface area contributed by atoms with Crippen molar-refractivity contribution in [2.24, 2.45) is 0 Å². The molecular formula is C8H5N3O5. The third-order valence-electron chi connectivity index (χ3n) is 1.80. The summed E-state index contributed by atoms with van der Waals surface area (Å²) in [6.07, 6.45) is 1.20. The van der Waals surface area contributed by atoms with E-state index in [4.69, 9.17) is 4.42 Å². The van der Waals surface area contributed by atoms with Crippen LogP contribution in [-0.4, -0.2) is 16.9 Å². The molecule has 8 nitrogen and oxygen atoms in total. The molecule has 0 spiro atoms. The number of carbonyl (C=O) groups is 2. The molecule has 0 atom stereocenters. The summed E-state index contributed by atoms with van der Waals surface area (Å²) >= 11 is 0. The molecule has 2 N–H and O–H groups in total. The highest BCUT2D eigenvalue weighted by Gasteiger charge is 2.23. The lowest BCUT2D eigenvalue weighted by Gasteiger charge is -1.90. The van der Waals surface area contributed by atoms with Gasteiger partial charge in [-0.25, -0.2) is 4.79 Å². The van der Waals surface area contributed by atoms with Crippen LogP contribution in [0, 0.1) is 10.1 Å². The molecule has 3 amide bonds. The van der Waals surface area contributed by atoms with Gasteiger partial charge >= 0.3 is 11.9 Å². The predicted octanol–water partition coefficient (Wildman–Crippen LogP) is 0.368. The van der Waals surface area contributed by atoms with Gasteiger partial charge in [0.15, 0.2) is 0 Å². The zero-order valence-corrected chi connectivity index (χ0v) is 7.72. The summed E-state index contributed by atoms with van der Waals surface area (Å²) in [7, 11) is 0. The minimum absolute atomic E-state index is 0.0192. The van der Waals surface area contributed by atoms with Crippen LogP contribution in [0.3, 0.4) is 0 Å². The number of hydrogen-bond acceptors (Lipinski definition) is 5. The van der Waals surface area contributed by atoms with Crippen LogP contribution in [0.4, 0.5) is 10.7 Å². The molecule has 0 aliphatic carbocycles. The third-order valence-corrected chi connectivity index (χ3v) is 1.80. The summed E-state index contributed by atoms with van der Waals surface area (Å²) in [5.41, 5.74) is -0.0192. The molecule has 0 unspecified atom stereocenters. The van der Waals surface area contributed by atoms with Gasteiger partial charge in [-0.05, 0) is 6.07 Å². The molecule has 0 radical (unpaired) electrons. The number of hydrogen-bond donors (Lipinski definition) is 2. The Labute approximate surface area is 88.1 Å². The fraction of sp³-hybridized carbons (Fsp3) is 0. The lowest BCUT2D eigenvalue weighted by atomic mass is 10.3. The highest BCUT2D eigenvalue weighted by atomic mass is 16.6. The van der Waals surface area contributed by atoms with Crippen molar-refractivity contribution in [3.05, 3.63) is 33.7 Å². The lowest BCUT2D eigenvalue weighted by molar-refractivity contribution is -0.402. The molecule has 1 aromatic heterocycles. The Bertz CT molecular complexity index is 515. The second-order valence-electron chi connectivity index (χ2n) is 2.90. The standard InChI is InChI=1S/C8H5N3O5/c12-7-5(9-8(13)10-7)3-4-1-2-6(16-4)11(14)15/h1-3H,(H2,9,10,12,13)/b5-3-. The van der Waals surface area contributed by atoms with Crippen LogP contribution in [-0.2, 0) is 4.79 Å². The first-order chi connectivity index (χ1) is 7.56. The Morgan fingerprint density at radius 3 is 2.56 bits per heavy atom. The van der Waals surface area contributed by atoms with E-state index >= 15 is 0 Å². The molecule has 1 saturated heterocycles. The van der Waals surface area contributed by atoms with Gasteiger partial charge in [-0.3, -0.25) is 20.2 Å². The van der Waals surface area contributed by atoms with E-state index < -0.39 is 22.7 Å². The van der Waals surface area contributed by atoms with E-state index in [1.807, 2.05) is 5.32 Å². The van der Waals surface area contributed by atoms with Gasteiger partial charge in [0.2, 0.25) is 0 Å². The van der Waals surface area contributed by atoms with Crippen molar-refractivity contribution in [2.75, 3.05) is 0 Å². The van der Waals surface area contributed by atoms with Crippen molar-refractivity contribution in [3.63, 3.8) is 0 Å². The normalized spacial score (nSPS) is 17.4. The molecule has 0 saturated carbocycles. The predicted molar refractivity (Wildman–Crippen MR) is 50.0 cm³/mol. The van der Waals surface area contributed by atoms with Gasteiger partial charge < -0.3 is 9.73 Å². The molecule has 1 fully saturated rings. The van der Waals surface area contributed by atoms with E-state index in [0.717, 1.165) is 6.07 Å². The molecule has 1 aliphatic rings. The monoisotopic (exact) mass is 223 g/mol. The summed E-state index contributed by atoms with van der Waals surface area (Å²) in [5, 5.41) is 14.5. The molecule has 16 heavy (non-hydrogen) atoms. The third kappa shape index (κ3) is 1.75. The Morgan fingerprint density at radius 2 is 2.06 bits per heavy atom. The number of rotatable bonds is 2. The number of urea groups is 1. The minimum atomic E-state index is -0.699. The topological polar surface area (TPSA) is 114 Å². The molecule has 2 rings (SSSR count). The van der Waals surface area contributed by atoms with E-state index in [-0.39, 0.29) is 11.5 Å². The average Bonchev–Trinajstić information content (AvgIpc) is 2.75. The lowest BCUT2D eigenvalue weighted by Crippen LogP contribution is -2.22. The number of carbonyl (C=O) groups excluding carboxylic acids is 2. The van der Waals surface area contributed by atoms with E-state index in [1.165, 1.54) is 12.1 Å². The van der Waals surface area contributed by atoms with E-state index in [2.05, 4.69) is 5.32 Å². The van der Waals surface area contributed by atoms with Gasteiger partial charge in [0.25, 0.3) is 5.91 Å². The summed E-state index contributed by atoms with van der Waals surface area (Å²) in [5.74, 6) is -0.931. The Kier molecular flexibility index (Phi) is 2.16. The van der Waals surface area contributed by atoms with E-state index in [9.17, 15) is 19.7 Å². The second kappa shape index (κ2) is 3.50. The molecule has 1 aliphatic heterocycles. The van der Waals surface area contributed by atoms with Gasteiger partial charge in [0, 0.05) is 6.08 Å². The van der Waals surface area contributed by atoms with Gasteiger partial charge in [-0.2, -0.15) is 0 Å². The average molecular weight is 223 g/mol. The number of nitrogens with one attached hydrogen (secondary N) is 2. The Morgan fingerprint density at radius 1 is 1.31 bits per heavy atom. The maximum absolute atomic E-state index is 11.1. The molecule has 2 heterocycles. The van der Waals surface area contributed by atoms with Crippen LogP contribution < -0.4 is 10.6 Å². The van der Waals surface area contributed by atoms with Crippen LogP contribution in [0.15, 0.2) is 22.2 Å². The highest BCUT2D eigenvalue weighted by Crippen LogP contribution is 2.18. The fourth-order valence-electron chi connectivity index (χ4n) is 1.14. The molecule has 8 heteroatoms. The maximum atomic E-state index is 11.1. The smallest absolute Gasteiger partial charge is 0.401 e. The molecule has 82 valence electrons.